The highest BCUT2D eigenvalue weighted by atomic mass is 35.5. The van der Waals surface area contributed by atoms with Crippen LogP contribution in [-0.2, 0) is 26.2 Å². The fourth-order valence-electron chi connectivity index (χ4n) is 4.03. The molecule has 1 atom stereocenters. The van der Waals surface area contributed by atoms with Crippen molar-refractivity contribution in [2.75, 3.05) is 31.6 Å². The highest BCUT2D eigenvalue weighted by molar-refractivity contribution is 7.92. The summed E-state index contributed by atoms with van der Waals surface area (Å²) >= 11 is 6.05. The van der Waals surface area contributed by atoms with Crippen molar-refractivity contribution in [3.63, 3.8) is 0 Å². The first kappa shape index (κ1) is 31.7. The van der Waals surface area contributed by atoms with Gasteiger partial charge in [-0.15, -0.1) is 0 Å². The Labute approximate surface area is 244 Å². The molecule has 2 amide bonds. The van der Waals surface area contributed by atoms with Crippen molar-refractivity contribution in [1.29, 1.82) is 0 Å². The normalized spacial score (nSPS) is 11.9. The first-order valence-corrected chi connectivity index (χ1v) is 14.7. The summed E-state index contributed by atoms with van der Waals surface area (Å²) in [6, 6.07) is 14.9. The van der Waals surface area contributed by atoms with Gasteiger partial charge in [-0.25, -0.2) is 12.8 Å². The van der Waals surface area contributed by atoms with Gasteiger partial charge in [0, 0.05) is 29.7 Å². The lowest BCUT2D eigenvalue weighted by molar-refractivity contribution is -0.139. The number of carbonyl (C=O) groups is 2. The maximum atomic E-state index is 14.6. The Morgan fingerprint density at radius 2 is 1.66 bits per heavy atom. The molecule has 0 saturated carbocycles. The lowest BCUT2D eigenvalue weighted by Gasteiger charge is -2.32. The summed E-state index contributed by atoms with van der Waals surface area (Å²) < 4.78 is 54.0. The predicted octanol–water partition coefficient (Wildman–Crippen LogP) is 4.64. The van der Waals surface area contributed by atoms with E-state index in [1.165, 1.54) is 81.8 Å². The maximum absolute atomic E-state index is 14.6. The molecule has 0 aliphatic heterocycles. The Balaban J connectivity index is 2.07. The van der Waals surface area contributed by atoms with Crippen LogP contribution in [0.5, 0.6) is 11.5 Å². The number of ether oxygens (including phenoxy) is 2. The van der Waals surface area contributed by atoms with E-state index >= 15 is 0 Å². The number of nitrogens with zero attached hydrogens (tertiary/aromatic N) is 2. The van der Waals surface area contributed by atoms with Gasteiger partial charge in [0.25, 0.3) is 10.0 Å². The zero-order chi connectivity index (χ0) is 30.2. The van der Waals surface area contributed by atoms with Crippen LogP contribution in [0.4, 0.5) is 10.1 Å². The highest BCUT2D eigenvalue weighted by Gasteiger charge is 2.33. The number of halogens is 2. The Morgan fingerprint density at radius 1 is 1.00 bits per heavy atom. The summed E-state index contributed by atoms with van der Waals surface area (Å²) in [6.07, 6.45) is 0.674. The summed E-state index contributed by atoms with van der Waals surface area (Å²) in [4.78, 5) is 27.8. The number of anilines is 1. The number of hydrogen-bond donors (Lipinski definition) is 1. The average Bonchev–Trinajstić information content (AvgIpc) is 2.97. The molecule has 0 radical (unpaired) electrons. The van der Waals surface area contributed by atoms with Crippen molar-refractivity contribution >= 4 is 39.1 Å². The second-order valence-corrected chi connectivity index (χ2v) is 11.4. The predicted molar refractivity (Wildman–Crippen MR) is 155 cm³/mol. The van der Waals surface area contributed by atoms with Gasteiger partial charge < -0.3 is 19.7 Å². The van der Waals surface area contributed by atoms with E-state index in [1.54, 1.807) is 6.07 Å². The zero-order valence-corrected chi connectivity index (χ0v) is 24.8. The SMILES string of the molecule is CCCNC(=O)[C@H](C)N(Cc1ccccc1F)C(=O)CN(c1ccc(Cl)cc1)S(=O)(=O)c1ccc(OC)c(OC)c1. The van der Waals surface area contributed by atoms with Crippen LogP contribution in [0.2, 0.25) is 5.02 Å². The molecule has 0 unspecified atom stereocenters. The number of methoxy groups -OCH3 is 2. The van der Waals surface area contributed by atoms with Crippen molar-refractivity contribution in [3.05, 3.63) is 83.1 Å². The van der Waals surface area contributed by atoms with Crippen molar-refractivity contribution in [2.24, 2.45) is 0 Å². The van der Waals surface area contributed by atoms with E-state index in [0.29, 0.717) is 23.7 Å². The molecule has 41 heavy (non-hydrogen) atoms. The molecule has 3 aromatic rings. The average molecular weight is 606 g/mol. The van der Waals surface area contributed by atoms with Gasteiger partial charge in [-0.05, 0) is 55.8 Å². The van der Waals surface area contributed by atoms with Gasteiger partial charge in [-0.2, -0.15) is 0 Å². The third-order valence-electron chi connectivity index (χ3n) is 6.35. The monoisotopic (exact) mass is 605 g/mol. The number of hydrogen-bond acceptors (Lipinski definition) is 6. The number of nitrogens with one attached hydrogen (secondary N) is 1. The van der Waals surface area contributed by atoms with Crippen LogP contribution < -0.4 is 19.1 Å². The van der Waals surface area contributed by atoms with Crippen LogP contribution in [0.25, 0.3) is 0 Å². The maximum Gasteiger partial charge on any atom is 0.264 e. The van der Waals surface area contributed by atoms with E-state index in [1.807, 2.05) is 6.92 Å². The summed E-state index contributed by atoms with van der Waals surface area (Å²) in [5.41, 5.74) is 0.336. The van der Waals surface area contributed by atoms with Crippen LogP contribution >= 0.6 is 11.6 Å². The molecule has 0 heterocycles. The van der Waals surface area contributed by atoms with Crippen LogP contribution in [0, 0.1) is 5.82 Å². The third-order valence-corrected chi connectivity index (χ3v) is 8.37. The first-order chi connectivity index (χ1) is 19.5. The first-order valence-electron chi connectivity index (χ1n) is 12.8. The van der Waals surface area contributed by atoms with Crippen molar-refractivity contribution < 1.29 is 31.9 Å². The number of carbonyl (C=O) groups excluding carboxylic acids is 2. The molecule has 9 nitrogen and oxygen atoms in total. The molecule has 0 spiro atoms. The molecule has 0 saturated heterocycles. The number of sulfonamides is 1. The van der Waals surface area contributed by atoms with Gasteiger partial charge in [-0.1, -0.05) is 36.7 Å². The second-order valence-electron chi connectivity index (χ2n) is 9.08. The molecule has 12 heteroatoms. The largest absolute Gasteiger partial charge is 0.493 e. The minimum atomic E-state index is -4.36. The van der Waals surface area contributed by atoms with Gasteiger partial charge in [0.05, 0.1) is 24.8 Å². The molecule has 0 bridgehead atoms. The van der Waals surface area contributed by atoms with Crippen LogP contribution in [0.1, 0.15) is 25.8 Å². The van der Waals surface area contributed by atoms with Gasteiger partial charge in [0.2, 0.25) is 11.8 Å². The fraction of sp³-hybridized carbons (Fsp3) is 0.310. The van der Waals surface area contributed by atoms with Crippen molar-refractivity contribution in [1.82, 2.24) is 10.2 Å². The van der Waals surface area contributed by atoms with Gasteiger partial charge >= 0.3 is 0 Å². The van der Waals surface area contributed by atoms with E-state index in [2.05, 4.69) is 5.32 Å². The Hall–Kier alpha value is -3.83. The Bertz CT molecular complexity index is 1470. The fourth-order valence-corrected chi connectivity index (χ4v) is 5.59. The minimum Gasteiger partial charge on any atom is -0.493 e. The number of amides is 2. The van der Waals surface area contributed by atoms with Gasteiger partial charge in [-0.3, -0.25) is 13.9 Å². The molecule has 220 valence electrons. The van der Waals surface area contributed by atoms with Crippen LogP contribution in [0.3, 0.4) is 0 Å². The number of benzene rings is 3. The van der Waals surface area contributed by atoms with Crippen molar-refractivity contribution in [3.8, 4) is 11.5 Å². The third kappa shape index (κ3) is 7.68. The smallest absolute Gasteiger partial charge is 0.264 e. The van der Waals surface area contributed by atoms with Gasteiger partial charge in [0.1, 0.15) is 18.4 Å². The highest BCUT2D eigenvalue weighted by Crippen LogP contribution is 2.32. The summed E-state index contributed by atoms with van der Waals surface area (Å²) in [5, 5.41) is 3.11. The molecule has 3 rings (SSSR count). The van der Waals surface area contributed by atoms with E-state index in [-0.39, 0.29) is 28.4 Å². The lowest BCUT2D eigenvalue weighted by atomic mass is 10.1. The second kappa shape index (κ2) is 14.2. The summed E-state index contributed by atoms with van der Waals surface area (Å²) in [6.45, 7) is 2.85. The quantitative estimate of drug-likeness (QED) is 0.304. The zero-order valence-electron chi connectivity index (χ0n) is 23.3. The molecule has 0 fully saturated rings. The summed E-state index contributed by atoms with van der Waals surface area (Å²) in [7, 11) is -1.56. The summed E-state index contributed by atoms with van der Waals surface area (Å²) in [5.74, 6) is -1.22. The van der Waals surface area contributed by atoms with Crippen LogP contribution in [-0.4, -0.2) is 58.5 Å². The molecular formula is C29H33ClFN3O6S. The van der Waals surface area contributed by atoms with Crippen molar-refractivity contribution in [2.45, 2.75) is 37.8 Å². The molecule has 0 aromatic heterocycles. The van der Waals surface area contributed by atoms with E-state index in [4.69, 9.17) is 21.1 Å². The minimum absolute atomic E-state index is 0.159. The Morgan fingerprint density at radius 3 is 2.27 bits per heavy atom. The number of rotatable bonds is 13. The molecule has 0 aliphatic carbocycles. The van der Waals surface area contributed by atoms with E-state index < -0.39 is 40.2 Å². The molecule has 3 aromatic carbocycles. The molecular weight excluding hydrogens is 573 g/mol. The van der Waals surface area contributed by atoms with Crippen LogP contribution in [0.15, 0.2) is 71.6 Å². The van der Waals surface area contributed by atoms with E-state index in [9.17, 15) is 22.4 Å². The Kier molecular flexibility index (Phi) is 11.0. The van der Waals surface area contributed by atoms with E-state index in [0.717, 1.165) is 9.21 Å². The standard InChI is InChI=1S/C29H33ClFN3O6S/c1-5-16-32-29(36)20(2)33(18-21-8-6-7-9-25(21)31)28(35)19-34(23-12-10-22(30)11-13-23)41(37,38)24-14-15-26(39-3)27(17-24)40-4/h6-15,17,20H,5,16,18-19H2,1-4H3,(H,32,36)/t20-/m0/s1. The van der Waals surface area contributed by atoms with Gasteiger partial charge in [0.15, 0.2) is 11.5 Å². The molecule has 1 N–H and O–H groups in total. The topological polar surface area (TPSA) is 105 Å². The lowest BCUT2D eigenvalue weighted by Crippen LogP contribution is -2.51. The molecule has 0 aliphatic rings.